The quantitative estimate of drug-likeness (QED) is 0.474. The second-order valence-electron chi connectivity index (χ2n) is 4.26. The van der Waals surface area contributed by atoms with Crippen molar-refractivity contribution >= 4 is 16.3 Å². The summed E-state index contributed by atoms with van der Waals surface area (Å²) in [5.74, 6) is -1.55. The molecule has 0 radical (unpaired) electrons. The van der Waals surface area contributed by atoms with Gasteiger partial charge in [0.2, 0.25) is 0 Å². The van der Waals surface area contributed by atoms with Crippen LogP contribution in [0, 0.1) is 0 Å². The molecule has 114 valence electrons. The highest BCUT2D eigenvalue weighted by atomic mass is 28.1. The molecule has 2 N–H and O–H groups in total. The van der Waals surface area contributed by atoms with Gasteiger partial charge in [-0.05, 0) is 27.2 Å². The van der Waals surface area contributed by atoms with E-state index in [-0.39, 0.29) is 0 Å². The lowest BCUT2D eigenvalue weighted by Crippen LogP contribution is -2.62. The molecule has 1 unspecified atom stereocenters. The summed E-state index contributed by atoms with van der Waals surface area (Å²) in [6.45, 7) is 8.65. The monoisotopic (exact) mass is 293 g/mol. The number of amides is 1. The number of ether oxygens (including phenoxy) is 4. The number of primary amides is 1. The molecule has 6 nitrogen and oxygen atoms in total. The van der Waals surface area contributed by atoms with Gasteiger partial charge >= 0.3 is 12.1 Å². The van der Waals surface area contributed by atoms with Crippen LogP contribution in [0.3, 0.4) is 0 Å². The Labute approximate surface area is 118 Å². The number of carbonyl (C=O) groups is 1. The first kappa shape index (κ1) is 18.4. The molecule has 0 saturated heterocycles. The Morgan fingerprint density at radius 2 is 1.53 bits per heavy atom. The normalized spacial score (nSPS) is 15.2. The Balaban J connectivity index is 5.48. The second-order valence-corrected chi connectivity index (χ2v) is 5.87. The van der Waals surface area contributed by atoms with E-state index in [0.717, 1.165) is 6.42 Å². The smallest absolute Gasteiger partial charge is 0.389 e. The molecule has 0 heterocycles. The van der Waals surface area contributed by atoms with E-state index in [2.05, 4.69) is 0 Å². The van der Waals surface area contributed by atoms with Crippen molar-refractivity contribution in [3.05, 3.63) is 0 Å². The third kappa shape index (κ3) is 4.76. The summed E-state index contributed by atoms with van der Waals surface area (Å²) in [6.07, 6.45) is 0.589. The molecule has 0 bridgehead atoms. The third-order valence-electron chi connectivity index (χ3n) is 2.74. The summed E-state index contributed by atoms with van der Waals surface area (Å²) >= 11 is 0. The van der Waals surface area contributed by atoms with Gasteiger partial charge in [0.25, 0.3) is 0 Å². The fourth-order valence-electron chi connectivity index (χ4n) is 2.14. The Morgan fingerprint density at radius 1 is 1.05 bits per heavy atom. The number of hydrogen-bond donors (Lipinski definition) is 1. The molecule has 0 aliphatic rings. The van der Waals surface area contributed by atoms with E-state index in [0.29, 0.717) is 36.5 Å². The van der Waals surface area contributed by atoms with E-state index in [1.54, 1.807) is 13.8 Å². The maximum absolute atomic E-state index is 11.2. The van der Waals surface area contributed by atoms with Crippen molar-refractivity contribution in [1.82, 2.24) is 0 Å². The maximum atomic E-state index is 11.2. The van der Waals surface area contributed by atoms with Gasteiger partial charge in [-0.15, -0.1) is 0 Å². The van der Waals surface area contributed by atoms with Crippen molar-refractivity contribution in [2.45, 2.75) is 51.7 Å². The minimum absolute atomic E-state index is 0.327. The van der Waals surface area contributed by atoms with Gasteiger partial charge in [-0.1, -0.05) is 13.3 Å². The summed E-state index contributed by atoms with van der Waals surface area (Å²) in [5.41, 5.74) is 5.17. The fraction of sp³-hybridized carbons (Fsp3) is 0.917. The van der Waals surface area contributed by atoms with Gasteiger partial charge in [0, 0.05) is 6.61 Å². The van der Waals surface area contributed by atoms with Gasteiger partial charge in [0.05, 0.1) is 23.5 Å². The molecule has 0 spiro atoms. The van der Waals surface area contributed by atoms with Crippen LogP contribution >= 0.6 is 0 Å². The van der Waals surface area contributed by atoms with Crippen LogP contribution in [0.15, 0.2) is 0 Å². The number of carbonyl (C=O) groups excluding carboxylic acids is 1. The van der Waals surface area contributed by atoms with E-state index in [1.807, 2.05) is 13.8 Å². The molecule has 0 aromatic rings. The van der Waals surface area contributed by atoms with Crippen LogP contribution in [0.2, 0.25) is 0 Å². The lowest BCUT2D eigenvalue weighted by Gasteiger charge is -2.44. The molecule has 0 fully saturated rings. The van der Waals surface area contributed by atoms with Crippen LogP contribution in [-0.2, 0) is 18.9 Å². The molecule has 7 heteroatoms. The highest BCUT2D eigenvalue weighted by molar-refractivity contribution is 6.15. The Morgan fingerprint density at radius 3 is 1.84 bits per heavy atom. The van der Waals surface area contributed by atoms with Crippen LogP contribution in [0.1, 0.15) is 40.5 Å². The molecule has 19 heavy (non-hydrogen) atoms. The predicted octanol–water partition coefficient (Wildman–Crippen LogP) is 0.707. The van der Waals surface area contributed by atoms with Gasteiger partial charge in [-0.3, -0.25) is 0 Å². The lowest BCUT2D eigenvalue weighted by atomic mass is 10.1. The molecule has 0 saturated carbocycles. The maximum Gasteiger partial charge on any atom is 0.408 e. The Kier molecular flexibility index (Phi) is 8.24. The topological polar surface area (TPSA) is 80.0 Å². The van der Waals surface area contributed by atoms with Gasteiger partial charge < -0.3 is 24.7 Å². The first-order valence-electron chi connectivity index (χ1n) is 6.81. The predicted molar refractivity (Wildman–Crippen MR) is 75.9 cm³/mol. The molecule has 0 aromatic heterocycles. The molecule has 0 rings (SSSR count). The SMILES string of the molecule is CCCC([SiH3])(OCC)C(OCC)(OCC)OC(N)=O. The minimum atomic E-state index is -1.55. The van der Waals surface area contributed by atoms with Crippen molar-refractivity contribution in [1.29, 1.82) is 0 Å². The first-order chi connectivity index (χ1) is 8.91. The average molecular weight is 293 g/mol. The molecular weight excluding hydrogens is 266 g/mol. The molecule has 0 aliphatic heterocycles. The van der Waals surface area contributed by atoms with Gasteiger partial charge in [-0.25, -0.2) is 4.79 Å². The van der Waals surface area contributed by atoms with Crippen LogP contribution in [0.5, 0.6) is 0 Å². The van der Waals surface area contributed by atoms with Crippen molar-refractivity contribution in [3.63, 3.8) is 0 Å². The first-order valence-corrected chi connectivity index (χ1v) is 7.81. The minimum Gasteiger partial charge on any atom is -0.389 e. The average Bonchev–Trinajstić information content (AvgIpc) is 2.29. The molecule has 0 aromatic carbocycles. The van der Waals surface area contributed by atoms with Crippen LogP contribution < -0.4 is 5.73 Å². The van der Waals surface area contributed by atoms with Crippen molar-refractivity contribution in [3.8, 4) is 0 Å². The highest BCUT2D eigenvalue weighted by Gasteiger charge is 2.54. The van der Waals surface area contributed by atoms with Crippen LogP contribution in [-0.4, -0.2) is 47.4 Å². The number of rotatable bonds is 10. The van der Waals surface area contributed by atoms with E-state index < -0.39 is 17.3 Å². The van der Waals surface area contributed by atoms with E-state index >= 15 is 0 Å². The van der Waals surface area contributed by atoms with Crippen molar-refractivity contribution < 1.29 is 23.7 Å². The van der Waals surface area contributed by atoms with Gasteiger partial charge in [0.1, 0.15) is 5.22 Å². The summed E-state index contributed by atoms with van der Waals surface area (Å²) in [5, 5.41) is -0.780. The summed E-state index contributed by atoms with van der Waals surface area (Å²) in [6, 6.07) is 0. The molecule has 0 aliphatic carbocycles. The zero-order valence-corrected chi connectivity index (χ0v) is 14.7. The number of nitrogens with two attached hydrogens (primary N) is 1. The largest absolute Gasteiger partial charge is 0.408 e. The van der Waals surface area contributed by atoms with Crippen LogP contribution in [0.4, 0.5) is 4.79 Å². The number of hydrogen-bond acceptors (Lipinski definition) is 5. The Bertz CT molecular complexity index is 263. The van der Waals surface area contributed by atoms with E-state index in [9.17, 15) is 4.79 Å². The van der Waals surface area contributed by atoms with E-state index in [4.69, 9.17) is 24.7 Å². The molecule has 1 amide bonds. The van der Waals surface area contributed by atoms with Crippen molar-refractivity contribution in [2.24, 2.45) is 5.73 Å². The zero-order chi connectivity index (χ0) is 14.9. The molecular formula is C12H27NO5Si. The summed E-state index contributed by atoms with van der Waals surface area (Å²) in [4.78, 5) is 11.2. The van der Waals surface area contributed by atoms with E-state index in [1.165, 1.54) is 0 Å². The van der Waals surface area contributed by atoms with Gasteiger partial charge in [-0.2, -0.15) is 0 Å². The third-order valence-corrected chi connectivity index (χ3v) is 4.14. The van der Waals surface area contributed by atoms with Gasteiger partial charge in [0.15, 0.2) is 0 Å². The van der Waals surface area contributed by atoms with Crippen molar-refractivity contribution in [2.75, 3.05) is 19.8 Å². The zero-order valence-electron chi connectivity index (χ0n) is 12.7. The van der Waals surface area contributed by atoms with Crippen LogP contribution in [0.25, 0.3) is 0 Å². The standard InChI is InChI=1S/C12H27NO5Si/c1-5-9-11(19,15-6-2)12(16-7-3,17-8-4)18-10(13)14/h5-9H2,1-4,19H3,(H2,13,14). The second kappa shape index (κ2) is 8.52. The summed E-state index contributed by atoms with van der Waals surface area (Å²) in [7, 11) is 0.574. The summed E-state index contributed by atoms with van der Waals surface area (Å²) < 4.78 is 22.2. The molecule has 1 atom stereocenters. The highest BCUT2D eigenvalue weighted by Crippen LogP contribution is 2.34. The Hall–Kier alpha value is -0.633. The fourth-order valence-corrected chi connectivity index (χ4v) is 3.32. The lowest BCUT2D eigenvalue weighted by molar-refractivity contribution is -0.405.